The highest BCUT2D eigenvalue weighted by Crippen LogP contribution is 2.79. The summed E-state index contributed by atoms with van der Waals surface area (Å²) in [7, 11) is 0. The molecule has 4 heterocycles. The molecule has 11 rings (SSSR count). The summed E-state index contributed by atoms with van der Waals surface area (Å²) in [5.41, 5.74) is 1.00. The summed E-state index contributed by atoms with van der Waals surface area (Å²) in [6.07, 6.45) is -1.05. The highest BCUT2D eigenvalue weighted by atomic mass is 16.6. The molecule has 8 fully saturated rings. The lowest BCUT2D eigenvalue weighted by molar-refractivity contribution is -0.148. The molecular formula is C42H42N2O10. The zero-order chi connectivity index (χ0) is 38.2. The average Bonchev–Trinajstić information content (AvgIpc) is 4.09. The average molecular weight is 735 g/mol. The van der Waals surface area contributed by atoms with Crippen LogP contribution >= 0.6 is 0 Å². The van der Waals surface area contributed by atoms with Gasteiger partial charge in [-0.25, -0.2) is 19.2 Å². The Morgan fingerprint density at radius 3 is 1.52 bits per heavy atom. The topological polar surface area (TPSA) is 146 Å². The Balaban J connectivity index is 0.834. The first-order valence-corrected chi connectivity index (χ1v) is 18.6. The number of rotatable bonds is 9. The molecule has 2 amide bonds. The number of esters is 2. The molecule has 0 aromatic heterocycles. The Morgan fingerprint density at radius 1 is 0.556 bits per heavy atom. The maximum atomic E-state index is 13.5. The van der Waals surface area contributed by atoms with Crippen molar-refractivity contribution in [2.45, 2.75) is 76.9 Å². The summed E-state index contributed by atoms with van der Waals surface area (Å²) in [5.74, 6) is -0.476. The van der Waals surface area contributed by atoms with Crippen LogP contribution in [-0.2, 0) is 28.5 Å². The smallest absolute Gasteiger partial charge is 0.411 e. The number of piperidine rings is 2. The maximum Gasteiger partial charge on any atom is 0.411 e. The van der Waals surface area contributed by atoms with Crippen LogP contribution in [0.15, 0.2) is 60.7 Å². The van der Waals surface area contributed by atoms with Crippen LogP contribution in [0.4, 0.5) is 9.59 Å². The van der Waals surface area contributed by atoms with E-state index < -0.39 is 60.6 Å². The van der Waals surface area contributed by atoms with Gasteiger partial charge in [-0.1, -0.05) is 60.7 Å². The second kappa shape index (κ2) is 11.6. The fraction of sp³-hybridized carbons (Fsp3) is 0.476. The summed E-state index contributed by atoms with van der Waals surface area (Å²) >= 11 is 0. The molecule has 12 nitrogen and oxygen atoms in total. The zero-order valence-corrected chi connectivity index (χ0v) is 30.9. The van der Waals surface area contributed by atoms with E-state index in [1.54, 1.807) is 77.9 Å². The summed E-state index contributed by atoms with van der Waals surface area (Å²) in [5, 5.41) is 1.48. The standard InChI is InChI=1S/C42H42N2O10/c1-41(2,3)53-39(49)43-33-27-28(33)31(27)35(43)37(47)51-17-25(45)20-15-13-19(14-16-20)21-9-7-11-23-22(21)10-8-12-24(23)26(46)18-52-38(48)36-32-29-30(32)34(29)44(36)40(50)54-42(4,5)6/h7-16,27-36H,17-18H2,1-6H3/t27-,28?,29-,30?,31?,32?,33?,34?,35+,36+/m1/s1. The van der Waals surface area contributed by atoms with Crippen molar-refractivity contribution in [2.75, 3.05) is 13.2 Å². The van der Waals surface area contributed by atoms with Gasteiger partial charge in [-0.15, -0.1) is 0 Å². The third-order valence-corrected chi connectivity index (χ3v) is 11.8. The molecule has 3 aromatic rings. The van der Waals surface area contributed by atoms with Crippen LogP contribution in [-0.4, -0.2) is 94.1 Å². The maximum absolute atomic E-state index is 13.5. The Labute approximate surface area is 312 Å². The number of carbonyl (C=O) groups is 6. The van der Waals surface area contributed by atoms with Crippen LogP contribution in [0.3, 0.4) is 0 Å². The molecule has 280 valence electrons. The number of ketones is 2. The number of amides is 2. The second-order valence-electron chi connectivity index (χ2n) is 17.5. The first kappa shape index (κ1) is 34.5. The number of nitrogens with zero attached hydrogens (tertiary/aromatic N) is 2. The minimum atomic E-state index is -0.734. The predicted octanol–water partition coefficient (Wildman–Crippen LogP) is 5.69. The van der Waals surface area contributed by atoms with Gasteiger partial charge < -0.3 is 18.9 Å². The highest BCUT2D eigenvalue weighted by molar-refractivity contribution is 6.12. The number of hydrogen-bond donors (Lipinski definition) is 0. The molecular weight excluding hydrogens is 692 g/mol. The molecule has 8 aliphatic rings. The van der Waals surface area contributed by atoms with E-state index in [1.807, 2.05) is 24.3 Å². The minimum absolute atomic E-state index is 0.0192. The van der Waals surface area contributed by atoms with Crippen molar-refractivity contribution >= 4 is 46.5 Å². The largest absolute Gasteiger partial charge is 0.456 e. The molecule has 10 atom stereocenters. The summed E-state index contributed by atoms with van der Waals surface area (Å²) in [6.45, 7) is 9.76. The van der Waals surface area contributed by atoms with Gasteiger partial charge in [0.05, 0.1) is 0 Å². The zero-order valence-electron chi connectivity index (χ0n) is 30.9. The molecule has 4 aliphatic heterocycles. The van der Waals surface area contributed by atoms with Crippen LogP contribution in [0.5, 0.6) is 0 Å². The molecule has 3 aromatic carbocycles. The van der Waals surface area contributed by atoms with Gasteiger partial charge >= 0.3 is 24.1 Å². The van der Waals surface area contributed by atoms with Gasteiger partial charge in [0.25, 0.3) is 0 Å². The Hall–Kier alpha value is -5.26. The summed E-state index contributed by atoms with van der Waals surface area (Å²) in [6, 6.07) is 16.5. The summed E-state index contributed by atoms with van der Waals surface area (Å²) in [4.78, 5) is 81.6. The third-order valence-electron chi connectivity index (χ3n) is 11.8. The fourth-order valence-electron chi connectivity index (χ4n) is 9.29. The van der Waals surface area contributed by atoms with E-state index in [1.165, 1.54) is 9.80 Å². The molecule has 4 bridgehead atoms. The number of fused-ring (bicyclic) bond motifs is 3. The van der Waals surface area contributed by atoms with Gasteiger partial charge in [0.2, 0.25) is 5.78 Å². The summed E-state index contributed by atoms with van der Waals surface area (Å²) < 4.78 is 22.1. The van der Waals surface area contributed by atoms with Gasteiger partial charge in [0, 0.05) is 35.0 Å². The van der Waals surface area contributed by atoms with Gasteiger partial charge in [0.15, 0.2) is 19.0 Å². The third kappa shape index (κ3) is 5.55. The molecule has 0 spiro atoms. The molecule has 0 N–H and O–H groups in total. The van der Waals surface area contributed by atoms with Crippen LogP contribution in [0.25, 0.3) is 21.9 Å². The highest BCUT2D eigenvalue weighted by Gasteiger charge is 2.88. The first-order valence-electron chi connectivity index (χ1n) is 18.6. The van der Waals surface area contributed by atoms with E-state index in [0.717, 1.165) is 16.5 Å². The van der Waals surface area contributed by atoms with Gasteiger partial charge in [-0.3, -0.25) is 19.4 Å². The molecule has 4 saturated heterocycles. The van der Waals surface area contributed by atoms with Gasteiger partial charge in [-0.05, 0) is 87.1 Å². The van der Waals surface area contributed by atoms with Crippen molar-refractivity contribution < 1.29 is 47.7 Å². The van der Waals surface area contributed by atoms with E-state index in [2.05, 4.69) is 0 Å². The fourth-order valence-corrected chi connectivity index (χ4v) is 9.29. The van der Waals surface area contributed by atoms with Crippen molar-refractivity contribution in [1.29, 1.82) is 0 Å². The van der Waals surface area contributed by atoms with Crippen molar-refractivity contribution in [3.63, 3.8) is 0 Å². The molecule has 4 saturated carbocycles. The van der Waals surface area contributed by atoms with E-state index in [4.69, 9.17) is 18.9 Å². The number of hydrogen-bond acceptors (Lipinski definition) is 10. The second-order valence-corrected chi connectivity index (χ2v) is 17.5. The van der Waals surface area contributed by atoms with Crippen LogP contribution in [0.1, 0.15) is 62.3 Å². The van der Waals surface area contributed by atoms with E-state index in [0.29, 0.717) is 40.2 Å². The number of carbonyl (C=O) groups excluding carboxylic acids is 6. The lowest BCUT2D eigenvalue weighted by Gasteiger charge is -2.27. The van der Waals surface area contributed by atoms with Crippen LogP contribution in [0.2, 0.25) is 0 Å². The van der Waals surface area contributed by atoms with Crippen molar-refractivity contribution in [3.8, 4) is 11.1 Å². The lowest BCUT2D eigenvalue weighted by atomic mass is 9.94. The molecule has 54 heavy (non-hydrogen) atoms. The van der Waals surface area contributed by atoms with E-state index in [-0.39, 0.29) is 35.5 Å². The van der Waals surface area contributed by atoms with E-state index in [9.17, 15) is 28.8 Å². The van der Waals surface area contributed by atoms with Gasteiger partial charge in [-0.2, -0.15) is 0 Å². The minimum Gasteiger partial charge on any atom is -0.456 e. The molecule has 12 heteroatoms. The Bertz CT molecular complexity index is 2150. The van der Waals surface area contributed by atoms with Crippen LogP contribution in [0, 0.1) is 35.5 Å². The lowest BCUT2D eigenvalue weighted by Crippen LogP contribution is -2.44. The number of benzene rings is 3. The Morgan fingerprint density at radius 2 is 1.02 bits per heavy atom. The quantitative estimate of drug-likeness (QED) is 0.153. The molecule has 4 aliphatic carbocycles. The van der Waals surface area contributed by atoms with Crippen LogP contribution < -0.4 is 0 Å². The molecule has 6 unspecified atom stereocenters. The predicted molar refractivity (Wildman–Crippen MR) is 192 cm³/mol. The normalized spacial score (nSPS) is 30.2. The van der Waals surface area contributed by atoms with Crippen molar-refractivity contribution in [2.24, 2.45) is 35.5 Å². The molecule has 0 radical (unpaired) electrons. The van der Waals surface area contributed by atoms with Crippen molar-refractivity contribution in [3.05, 3.63) is 71.8 Å². The monoisotopic (exact) mass is 734 g/mol. The number of ether oxygens (including phenoxy) is 4. The Kier molecular flexibility index (Phi) is 7.42. The first-order chi connectivity index (χ1) is 25.6. The van der Waals surface area contributed by atoms with Gasteiger partial charge in [0.1, 0.15) is 23.3 Å². The SMILES string of the molecule is CC(C)(C)OC(=O)N1C2C3C([C@@H]32)[C@H]1C(=O)OCC(=O)c1ccc(-c2cccc3c(C(=O)COC(=O)[C@@H]4C5C6C([C@H]65)N4C(=O)OC(C)(C)C)cccc23)cc1. The van der Waals surface area contributed by atoms with Crippen molar-refractivity contribution in [1.82, 2.24) is 9.80 Å². The van der Waals surface area contributed by atoms with E-state index >= 15 is 0 Å². The number of Topliss-reactive ketones (excluding diaryl/α,β-unsaturated/α-hetero) is 2.